The van der Waals surface area contributed by atoms with E-state index in [0.717, 1.165) is 12.5 Å². The summed E-state index contributed by atoms with van der Waals surface area (Å²) in [5.41, 5.74) is 0.331. The fourth-order valence-corrected chi connectivity index (χ4v) is 2.09. The van der Waals surface area contributed by atoms with Gasteiger partial charge in [-0.25, -0.2) is 8.78 Å². The maximum Gasteiger partial charge on any atom is 0.163 e. The molecule has 0 heterocycles. The molecular weight excluding hydrogens is 236 g/mol. The zero-order chi connectivity index (χ0) is 13.5. The summed E-state index contributed by atoms with van der Waals surface area (Å²) in [4.78, 5) is 0. The van der Waals surface area contributed by atoms with E-state index in [0.29, 0.717) is 18.7 Å². The molecule has 2 atom stereocenters. The van der Waals surface area contributed by atoms with E-state index in [1.54, 1.807) is 6.07 Å². The Morgan fingerprint density at radius 3 is 2.50 bits per heavy atom. The summed E-state index contributed by atoms with van der Waals surface area (Å²) >= 11 is 0. The van der Waals surface area contributed by atoms with Crippen LogP contribution in [0.25, 0.3) is 0 Å². The van der Waals surface area contributed by atoms with Crippen LogP contribution in [0.1, 0.15) is 38.8 Å². The van der Waals surface area contributed by atoms with E-state index < -0.39 is 11.6 Å². The van der Waals surface area contributed by atoms with Gasteiger partial charge in [-0.1, -0.05) is 26.0 Å². The van der Waals surface area contributed by atoms with Gasteiger partial charge >= 0.3 is 0 Å². The minimum Gasteiger partial charge on any atom is -0.377 e. The lowest BCUT2D eigenvalue weighted by Crippen LogP contribution is -2.34. The zero-order valence-electron chi connectivity index (χ0n) is 11.2. The lowest BCUT2D eigenvalue weighted by Gasteiger charge is -2.27. The van der Waals surface area contributed by atoms with Crippen LogP contribution in [0, 0.1) is 11.6 Å². The van der Waals surface area contributed by atoms with Gasteiger partial charge in [0.05, 0.1) is 12.1 Å². The Morgan fingerprint density at radius 2 is 1.94 bits per heavy atom. The van der Waals surface area contributed by atoms with E-state index in [4.69, 9.17) is 4.74 Å². The first kappa shape index (κ1) is 15.1. The fraction of sp³-hybridized carbons (Fsp3) is 0.571. The molecule has 0 saturated carbocycles. The van der Waals surface area contributed by atoms with Crippen LogP contribution in [0.4, 0.5) is 8.78 Å². The lowest BCUT2D eigenvalue weighted by molar-refractivity contribution is 0.0307. The Balaban J connectivity index is 3.06. The van der Waals surface area contributed by atoms with Crippen LogP contribution in [0.5, 0.6) is 0 Å². The second-order valence-corrected chi connectivity index (χ2v) is 4.08. The highest BCUT2D eigenvalue weighted by Gasteiger charge is 2.25. The fourth-order valence-electron chi connectivity index (χ4n) is 2.09. The number of halogens is 2. The molecule has 0 fully saturated rings. The second-order valence-electron chi connectivity index (χ2n) is 4.08. The van der Waals surface area contributed by atoms with Crippen molar-refractivity contribution in [1.29, 1.82) is 0 Å². The van der Waals surface area contributed by atoms with Crippen molar-refractivity contribution in [3.8, 4) is 0 Å². The summed E-state index contributed by atoms with van der Waals surface area (Å²) in [6.07, 6.45) is 0.577. The lowest BCUT2D eigenvalue weighted by atomic mass is 9.98. The molecule has 1 aromatic carbocycles. The van der Waals surface area contributed by atoms with E-state index in [9.17, 15) is 8.78 Å². The van der Waals surface area contributed by atoms with Gasteiger partial charge in [0.2, 0.25) is 0 Å². The second kappa shape index (κ2) is 7.44. The predicted molar refractivity (Wildman–Crippen MR) is 68.5 cm³/mol. The Hall–Kier alpha value is -1.00. The van der Waals surface area contributed by atoms with Crippen molar-refractivity contribution < 1.29 is 13.5 Å². The maximum absolute atomic E-state index is 13.8. The van der Waals surface area contributed by atoms with Gasteiger partial charge < -0.3 is 10.1 Å². The first-order chi connectivity index (χ1) is 8.65. The number of hydrogen-bond acceptors (Lipinski definition) is 2. The van der Waals surface area contributed by atoms with Crippen LogP contribution in [0.3, 0.4) is 0 Å². The van der Waals surface area contributed by atoms with Crippen LogP contribution in [-0.4, -0.2) is 19.3 Å². The molecule has 1 N–H and O–H groups in total. The summed E-state index contributed by atoms with van der Waals surface area (Å²) < 4.78 is 32.7. The quantitative estimate of drug-likeness (QED) is 0.808. The van der Waals surface area contributed by atoms with Crippen molar-refractivity contribution in [2.45, 2.75) is 39.3 Å². The molecule has 2 nitrogen and oxygen atoms in total. The van der Waals surface area contributed by atoms with Crippen LogP contribution in [0.15, 0.2) is 18.2 Å². The molecule has 0 radical (unpaired) electrons. The first-order valence-electron chi connectivity index (χ1n) is 6.44. The maximum atomic E-state index is 13.8. The van der Waals surface area contributed by atoms with Crippen molar-refractivity contribution in [2.24, 2.45) is 0 Å². The standard InChI is InChI=1S/C14H21F2NO/c1-4-12(18-6-3)14(17-5-2)10-8-7-9-11(15)13(10)16/h7-9,12,14,17H,4-6H2,1-3H3. The molecule has 1 aromatic rings. The summed E-state index contributed by atoms with van der Waals surface area (Å²) in [6.45, 7) is 7.03. The molecule has 102 valence electrons. The average molecular weight is 257 g/mol. The number of rotatable bonds is 7. The molecule has 0 aliphatic carbocycles. The van der Waals surface area contributed by atoms with Gasteiger partial charge in [-0.2, -0.15) is 0 Å². The molecule has 0 saturated heterocycles. The van der Waals surface area contributed by atoms with Gasteiger partial charge in [-0.3, -0.25) is 0 Å². The van der Waals surface area contributed by atoms with Gasteiger partial charge in [0.25, 0.3) is 0 Å². The number of ether oxygens (including phenoxy) is 1. The van der Waals surface area contributed by atoms with Crippen molar-refractivity contribution >= 4 is 0 Å². The molecule has 0 amide bonds. The smallest absolute Gasteiger partial charge is 0.163 e. The van der Waals surface area contributed by atoms with Gasteiger partial charge in [-0.05, 0) is 26.0 Å². The van der Waals surface area contributed by atoms with Gasteiger partial charge in [-0.15, -0.1) is 0 Å². The molecule has 0 aromatic heterocycles. The molecule has 1 rings (SSSR count). The Labute approximate surface area is 107 Å². The SMILES string of the molecule is CCNC(c1cccc(F)c1F)C(CC)OCC. The Kier molecular flexibility index (Phi) is 6.22. The third-order valence-corrected chi connectivity index (χ3v) is 2.90. The van der Waals surface area contributed by atoms with E-state index in [1.807, 2.05) is 20.8 Å². The van der Waals surface area contributed by atoms with Crippen LogP contribution in [-0.2, 0) is 4.74 Å². The third kappa shape index (κ3) is 3.50. The van der Waals surface area contributed by atoms with Crippen molar-refractivity contribution in [3.05, 3.63) is 35.4 Å². The van der Waals surface area contributed by atoms with E-state index in [2.05, 4.69) is 5.32 Å². The van der Waals surface area contributed by atoms with E-state index in [1.165, 1.54) is 6.07 Å². The number of hydrogen-bond donors (Lipinski definition) is 1. The molecule has 0 aliphatic rings. The highest BCUT2D eigenvalue weighted by molar-refractivity contribution is 5.23. The van der Waals surface area contributed by atoms with Crippen molar-refractivity contribution in [1.82, 2.24) is 5.32 Å². The topological polar surface area (TPSA) is 21.3 Å². The minimum atomic E-state index is -0.818. The van der Waals surface area contributed by atoms with E-state index in [-0.39, 0.29) is 12.1 Å². The normalized spacial score (nSPS) is 14.5. The summed E-state index contributed by atoms with van der Waals surface area (Å²) in [5.74, 6) is -1.61. The highest BCUT2D eigenvalue weighted by Crippen LogP contribution is 2.25. The van der Waals surface area contributed by atoms with Gasteiger partial charge in [0.1, 0.15) is 0 Å². The Morgan fingerprint density at radius 1 is 1.22 bits per heavy atom. The van der Waals surface area contributed by atoms with Gasteiger partial charge in [0.15, 0.2) is 11.6 Å². The third-order valence-electron chi connectivity index (χ3n) is 2.90. The number of benzene rings is 1. The number of likely N-dealkylation sites (N-methyl/N-ethyl adjacent to an activating group) is 1. The monoisotopic (exact) mass is 257 g/mol. The molecule has 2 unspecified atom stereocenters. The van der Waals surface area contributed by atoms with E-state index >= 15 is 0 Å². The molecule has 18 heavy (non-hydrogen) atoms. The van der Waals surface area contributed by atoms with Crippen LogP contribution in [0.2, 0.25) is 0 Å². The summed E-state index contributed by atoms with van der Waals surface area (Å²) in [7, 11) is 0. The predicted octanol–water partition coefficient (Wildman–Crippen LogP) is 3.43. The van der Waals surface area contributed by atoms with Crippen molar-refractivity contribution in [2.75, 3.05) is 13.2 Å². The first-order valence-corrected chi connectivity index (χ1v) is 6.44. The molecule has 4 heteroatoms. The largest absolute Gasteiger partial charge is 0.377 e. The molecule has 0 spiro atoms. The van der Waals surface area contributed by atoms with Crippen LogP contribution < -0.4 is 5.32 Å². The minimum absolute atomic E-state index is 0.161. The zero-order valence-corrected chi connectivity index (χ0v) is 11.2. The summed E-state index contributed by atoms with van der Waals surface area (Å²) in [5, 5.41) is 3.17. The summed E-state index contributed by atoms with van der Waals surface area (Å²) in [6, 6.07) is 3.93. The number of nitrogens with one attached hydrogen (secondary N) is 1. The average Bonchev–Trinajstić information content (AvgIpc) is 2.37. The molecule has 0 bridgehead atoms. The van der Waals surface area contributed by atoms with Crippen molar-refractivity contribution in [3.63, 3.8) is 0 Å². The molecular formula is C14H21F2NO. The van der Waals surface area contributed by atoms with Crippen LogP contribution >= 0.6 is 0 Å². The van der Waals surface area contributed by atoms with Gasteiger partial charge in [0, 0.05) is 12.2 Å². The Bertz CT molecular complexity index is 371. The molecule has 0 aliphatic heterocycles. The highest BCUT2D eigenvalue weighted by atomic mass is 19.2.